The summed E-state index contributed by atoms with van der Waals surface area (Å²) in [6, 6.07) is 4.22. The lowest BCUT2D eigenvalue weighted by Gasteiger charge is -2.30. The molecule has 2 aromatic heterocycles. The molecular formula is C17H21N5O. The maximum Gasteiger partial charge on any atom is 0.132 e. The van der Waals surface area contributed by atoms with Gasteiger partial charge in [-0.25, -0.2) is 15.0 Å². The minimum absolute atomic E-state index is 0.176. The average molecular weight is 311 g/mol. The molecule has 0 radical (unpaired) electrons. The molecule has 0 aromatic carbocycles. The SMILES string of the molecule is CN1CCc2cc(-c3cc(N4CCC(O)CC4)ncn3)cnc21. The van der Waals surface area contributed by atoms with Crippen molar-refractivity contribution in [2.75, 3.05) is 36.5 Å². The van der Waals surface area contributed by atoms with Crippen molar-refractivity contribution in [2.24, 2.45) is 0 Å². The van der Waals surface area contributed by atoms with E-state index < -0.39 is 0 Å². The number of aliphatic hydroxyl groups is 1. The first-order chi connectivity index (χ1) is 11.2. The molecule has 2 aliphatic rings. The average Bonchev–Trinajstić information content (AvgIpc) is 2.96. The molecule has 2 aliphatic heterocycles. The topological polar surface area (TPSA) is 65.4 Å². The fraction of sp³-hybridized carbons (Fsp3) is 0.471. The van der Waals surface area contributed by atoms with E-state index in [1.54, 1.807) is 6.33 Å². The molecule has 6 nitrogen and oxygen atoms in total. The van der Waals surface area contributed by atoms with Crippen LogP contribution >= 0.6 is 0 Å². The molecule has 0 spiro atoms. The van der Waals surface area contributed by atoms with E-state index in [1.807, 2.05) is 12.3 Å². The van der Waals surface area contributed by atoms with Crippen LogP contribution in [0.15, 0.2) is 24.7 Å². The number of fused-ring (bicyclic) bond motifs is 1. The third-order valence-corrected chi connectivity index (χ3v) is 4.76. The third-order valence-electron chi connectivity index (χ3n) is 4.76. The molecule has 0 atom stereocenters. The zero-order valence-corrected chi connectivity index (χ0v) is 13.3. The van der Waals surface area contributed by atoms with E-state index in [1.165, 1.54) is 5.56 Å². The van der Waals surface area contributed by atoms with Gasteiger partial charge < -0.3 is 14.9 Å². The van der Waals surface area contributed by atoms with E-state index in [2.05, 4.69) is 37.9 Å². The molecule has 2 aromatic rings. The largest absolute Gasteiger partial charge is 0.393 e. The number of anilines is 2. The second-order valence-corrected chi connectivity index (χ2v) is 6.36. The highest BCUT2D eigenvalue weighted by Crippen LogP contribution is 2.29. The monoisotopic (exact) mass is 311 g/mol. The first-order valence-corrected chi connectivity index (χ1v) is 8.16. The van der Waals surface area contributed by atoms with Gasteiger partial charge in [-0.15, -0.1) is 0 Å². The quantitative estimate of drug-likeness (QED) is 0.906. The second-order valence-electron chi connectivity index (χ2n) is 6.36. The Morgan fingerprint density at radius 3 is 2.74 bits per heavy atom. The van der Waals surface area contributed by atoms with E-state index >= 15 is 0 Å². The number of hydrogen-bond donors (Lipinski definition) is 1. The third kappa shape index (κ3) is 2.74. The molecule has 0 amide bonds. The Morgan fingerprint density at radius 1 is 1.09 bits per heavy atom. The van der Waals surface area contributed by atoms with Crippen LogP contribution in [0.4, 0.5) is 11.6 Å². The van der Waals surface area contributed by atoms with Crippen LogP contribution in [-0.2, 0) is 6.42 Å². The predicted molar refractivity (Wildman–Crippen MR) is 89.7 cm³/mol. The Morgan fingerprint density at radius 2 is 1.91 bits per heavy atom. The minimum Gasteiger partial charge on any atom is -0.393 e. The van der Waals surface area contributed by atoms with Crippen molar-refractivity contribution < 1.29 is 5.11 Å². The number of hydrogen-bond acceptors (Lipinski definition) is 6. The molecule has 0 aliphatic carbocycles. The summed E-state index contributed by atoms with van der Waals surface area (Å²) in [5, 5.41) is 9.65. The fourth-order valence-corrected chi connectivity index (χ4v) is 3.34. The standard InChI is InChI=1S/C17H21N5O/c1-21-5-2-12-8-13(10-18-17(12)21)15-9-16(20-11-19-15)22-6-3-14(23)4-7-22/h8-11,14,23H,2-7H2,1H3. The van der Waals surface area contributed by atoms with Gasteiger partial charge in [-0.05, 0) is 30.9 Å². The molecule has 1 saturated heterocycles. The lowest BCUT2D eigenvalue weighted by molar-refractivity contribution is 0.145. The number of nitrogens with zero attached hydrogens (tertiary/aromatic N) is 5. The first kappa shape index (κ1) is 14.4. The van der Waals surface area contributed by atoms with E-state index in [9.17, 15) is 5.11 Å². The van der Waals surface area contributed by atoms with Crippen molar-refractivity contribution in [3.05, 3.63) is 30.2 Å². The number of rotatable bonds is 2. The molecule has 1 fully saturated rings. The molecule has 23 heavy (non-hydrogen) atoms. The predicted octanol–water partition coefficient (Wildman–Crippen LogP) is 1.49. The molecule has 0 bridgehead atoms. The van der Waals surface area contributed by atoms with Crippen LogP contribution in [-0.4, -0.2) is 52.8 Å². The summed E-state index contributed by atoms with van der Waals surface area (Å²) in [5.41, 5.74) is 3.23. The van der Waals surface area contributed by atoms with Gasteiger partial charge in [0.25, 0.3) is 0 Å². The van der Waals surface area contributed by atoms with Gasteiger partial charge in [0.1, 0.15) is 18.0 Å². The highest BCUT2D eigenvalue weighted by molar-refractivity contribution is 5.66. The summed E-state index contributed by atoms with van der Waals surface area (Å²) >= 11 is 0. The van der Waals surface area contributed by atoms with Gasteiger partial charge >= 0.3 is 0 Å². The van der Waals surface area contributed by atoms with Gasteiger partial charge in [-0.3, -0.25) is 0 Å². The summed E-state index contributed by atoms with van der Waals surface area (Å²) in [6.45, 7) is 2.70. The highest BCUT2D eigenvalue weighted by Gasteiger charge is 2.20. The Kier molecular flexibility index (Phi) is 3.61. The normalized spacial score (nSPS) is 18.3. The van der Waals surface area contributed by atoms with Crippen molar-refractivity contribution in [3.63, 3.8) is 0 Å². The highest BCUT2D eigenvalue weighted by atomic mass is 16.3. The van der Waals surface area contributed by atoms with Crippen LogP contribution in [0.2, 0.25) is 0 Å². The lowest BCUT2D eigenvalue weighted by atomic mass is 10.1. The Hall–Kier alpha value is -2.21. The summed E-state index contributed by atoms with van der Waals surface area (Å²) in [5.74, 6) is 2.01. The number of likely N-dealkylation sites (N-methyl/N-ethyl adjacent to an activating group) is 1. The number of aromatic nitrogens is 3. The maximum absolute atomic E-state index is 9.65. The number of pyridine rings is 1. The summed E-state index contributed by atoms with van der Waals surface area (Å²) in [6.07, 6.45) is 5.97. The smallest absolute Gasteiger partial charge is 0.132 e. The zero-order valence-electron chi connectivity index (χ0n) is 13.3. The Balaban J connectivity index is 1.61. The van der Waals surface area contributed by atoms with Crippen LogP contribution in [0, 0.1) is 0 Å². The van der Waals surface area contributed by atoms with Crippen molar-refractivity contribution in [2.45, 2.75) is 25.4 Å². The van der Waals surface area contributed by atoms with E-state index in [0.29, 0.717) is 0 Å². The van der Waals surface area contributed by atoms with Gasteiger partial charge in [-0.2, -0.15) is 0 Å². The first-order valence-electron chi connectivity index (χ1n) is 8.16. The Bertz CT molecular complexity index is 712. The fourth-order valence-electron chi connectivity index (χ4n) is 3.34. The van der Waals surface area contributed by atoms with E-state index in [-0.39, 0.29) is 6.10 Å². The van der Waals surface area contributed by atoms with Crippen LogP contribution in [0.5, 0.6) is 0 Å². The van der Waals surface area contributed by atoms with Crippen molar-refractivity contribution >= 4 is 11.6 Å². The molecular weight excluding hydrogens is 290 g/mol. The molecule has 4 heterocycles. The summed E-state index contributed by atoms with van der Waals surface area (Å²) in [7, 11) is 2.08. The molecule has 0 saturated carbocycles. The number of piperidine rings is 1. The number of aliphatic hydroxyl groups excluding tert-OH is 1. The zero-order chi connectivity index (χ0) is 15.8. The molecule has 4 rings (SSSR count). The van der Waals surface area contributed by atoms with E-state index in [4.69, 9.17) is 0 Å². The molecule has 6 heteroatoms. The molecule has 120 valence electrons. The van der Waals surface area contributed by atoms with Gasteiger partial charge in [0.05, 0.1) is 11.8 Å². The van der Waals surface area contributed by atoms with Crippen LogP contribution in [0.25, 0.3) is 11.3 Å². The van der Waals surface area contributed by atoms with Crippen molar-refractivity contribution in [3.8, 4) is 11.3 Å². The van der Waals surface area contributed by atoms with Crippen molar-refractivity contribution in [1.82, 2.24) is 15.0 Å². The molecule has 1 N–H and O–H groups in total. The van der Waals surface area contributed by atoms with Crippen LogP contribution < -0.4 is 9.80 Å². The maximum atomic E-state index is 9.65. The minimum atomic E-state index is -0.176. The summed E-state index contributed by atoms with van der Waals surface area (Å²) < 4.78 is 0. The van der Waals surface area contributed by atoms with Crippen molar-refractivity contribution in [1.29, 1.82) is 0 Å². The lowest BCUT2D eigenvalue weighted by Crippen LogP contribution is -2.36. The van der Waals surface area contributed by atoms with Gasteiger partial charge in [0, 0.05) is 44.5 Å². The van der Waals surface area contributed by atoms with E-state index in [0.717, 1.165) is 61.8 Å². The van der Waals surface area contributed by atoms with Gasteiger partial charge in [-0.1, -0.05) is 0 Å². The van der Waals surface area contributed by atoms with Crippen LogP contribution in [0.3, 0.4) is 0 Å². The second kappa shape index (κ2) is 5.77. The van der Waals surface area contributed by atoms with Gasteiger partial charge in [0.2, 0.25) is 0 Å². The van der Waals surface area contributed by atoms with Gasteiger partial charge in [0.15, 0.2) is 0 Å². The molecule has 0 unspecified atom stereocenters. The Labute approximate surface area is 135 Å². The summed E-state index contributed by atoms with van der Waals surface area (Å²) in [4.78, 5) is 17.8. The van der Waals surface area contributed by atoms with Crippen LogP contribution in [0.1, 0.15) is 18.4 Å².